The first-order valence-corrected chi connectivity index (χ1v) is 5.38. The number of aromatic nitrogens is 1. The van der Waals surface area contributed by atoms with Crippen LogP contribution in [0.25, 0.3) is 11.1 Å². The van der Waals surface area contributed by atoms with E-state index in [1.54, 1.807) is 0 Å². The summed E-state index contributed by atoms with van der Waals surface area (Å²) in [5.74, 6) is 0. The molecule has 1 nitrogen and oxygen atoms in total. The van der Waals surface area contributed by atoms with Crippen molar-refractivity contribution in [1.82, 2.24) is 4.98 Å². The smallest absolute Gasteiger partial charge is 0.148 e. The quantitative estimate of drug-likeness (QED) is 0.675. The monoisotopic (exact) mass is 257 g/mol. The summed E-state index contributed by atoms with van der Waals surface area (Å²) < 4.78 is 0. The van der Waals surface area contributed by atoms with Crippen LogP contribution in [0.1, 0.15) is 0 Å². The summed E-state index contributed by atoms with van der Waals surface area (Å²) in [5, 5.41) is 1.14. The molecule has 0 aliphatic heterocycles. The Balaban J connectivity index is 2.68. The molecule has 1 aromatic heterocycles. The van der Waals surface area contributed by atoms with Gasteiger partial charge in [-0.1, -0.05) is 65.1 Å². The second kappa shape index (κ2) is 4.40. The molecule has 0 bridgehead atoms. The molecule has 0 saturated carbocycles. The minimum atomic E-state index is 0.264. The third kappa shape index (κ3) is 2.10. The molecule has 2 rings (SSSR count). The van der Waals surface area contributed by atoms with Crippen LogP contribution in [0.15, 0.2) is 36.5 Å². The molecule has 76 valence electrons. The zero-order valence-electron chi connectivity index (χ0n) is 7.55. The van der Waals surface area contributed by atoms with Crippen molar-refractivity contribution in [2.45, 2.75) is 0 Å². The van der Waals surface area contributed by atoms with Gasteiger partial charge in [-0.05, 0) is 5.56 Å². The van der Waals surface area contributed by atoms with Gasteiger partial charge >= 0.3 is 0 Å². The van der Waals surface area contributed by atoms with Crippen LogP contribution in [-0.4, -0.2) is 4.98 Å². The van der Waals surface area contributed by atoms with Gasteiger partial charge in [0.15, 0.2) is 0 Å². The predicted molar refractivity (Wildman–Crippen MR) is 64.7 cm³/mol. The maximum absolute atomic E-state index is 6.05. The molecule has 0 atom stereocenters. The predicted octanol–water partition coefficient (Wildman–Crippen LogP) is 4.71. The fourth-order valence-electron chi connectivity index (χ4n) is 1.31. The van der Waals surface area contributed by atoms with E-state index in [-0.39, 0.29) is 5.15 Å². The molecule has 1 heterocycles. The number of pyridine rings is 1. The van der Waals surface area contributed by atoms with E-state index in [1.807, 2.05) is 30.3 Å². The second-order valence-electron chi connectivity index (χ2n) is 2.95. The van der Waals surface area contributed by atoms with Gasteiger partial charge in [0.25, 0.3) is 0 Å². The van der Waals surface area contributed by atoms with Gasteiger partial charge in [0.05, 0.1) is 10.0 Å². The van der Waals surface area contributed by atoms with Gasteiger partial charge in [-0.15, -0.1) is 0 Å². The molecule has 0 spiro atoms. The molecule has 0 saturated heterocycles. The molecule has 4 heteroatoms. The molecular weight excluding hydrogens is 252 g/mol. The van der Waals surface area contributed by atoms with Gasteiger partial charge in [-0.3, -0.25) is 0 Å². The van der Waals surface area contributed by atoms with Crippen LogP contribution >= 0.6 is 34.8 Å². The van der Waals surface area contributed by atoms with Gasteiger partial charge in [0, 0.05) is 11.8 Å². The summed E-state index contributed by atoms with van der Waals surface area (Å²) in [4.78, 5) is 3.87. The van der Waals surface area contributed by atoms with Crippen LogP contribution in [-0.2, 0) is 0 Å². The topological polar surface area (TPSA) is 12.9 Å². The number of hydrogen-bond donors (Lipinski definition) is 0. The summed E-state index contributed by atoms with van der Waals surface area (Å²) in [6.45, 7) is 0. The molecule has 0 N–H and O–H groups in total. The Morgan fingerprint density at radius 2 is 1.60 bits per heavy atom. The largest absolute Gasteiger partial charge is 0.241 e. The van der Waals surface area contributed by atoms with Crippen molar-refractivity contribution in [3.05, 3.63) is 51.7 Å². The van der Waals surface area contributed by atoms with Crippen LogP contribution in [0, 0.1) is 0 Å². The van der Waals surface area contributed by atoms with E-state index in [0.29, 0.717) is 10.0 Å². The zero-order chi connectivity index (χ0) is 10.8. The third-order valence-corrected chi connectivity index (χ3v) is 3.03. The fraction of sp³-hybridized carbons (Fsp3) is 0. The molecule has 0 amide bonds. The molecule has 0 aliphatic rings. The first-order chi connectivity index (χ1) is 7.20. The molecule has 15 heavy (non-hydrogen) atoms. The Morgan fingerprint density at radius 3 is 2.27 bits per heavy atom. The highest BCUT2D eigenvalue weighted by Crippen LogP contribution is 2.37. The highest BCUT2D eigenvalue weighted by molar-refractivity contribution is 6.45. The van der Waals surface area contributed by atoms with Gasteiger partial charge in [0.2, 0.25) is 0 Å². The average Bonchev–Trinajstić information content (AvgIpc) is 2.26. The lowest BCUT2D eigenvalue weighted by Gasteiger charge is -2.07. The van der Waals surface area contributed by atoms with E-state index in [9.17, 15) is 0 Å². The first kappa shape index (κ1) is 10.7. The highest BCUT2D eigenvalue weighted by Gasteiger charge is 2.12. The Hall–Kier alpha value is -0.760. The summed E-state index contributed by atoms with van der Waals surface area (Å²) in [5.41, 5.74) is 1.65. The van der Waals surface area contributed by atoms with E-state index in [1.165, 1.54) is 6.20 Å². The minimum Gasteiger partial charge on any atom is -0.241 e. The summed E-state index contributed by atoms with van der Waals surface area (Å²) in [6, 6.07) is 9.59. The van der Waals surface area contributed by atoms with Gasteiger partial charge in [-0.2, -0.15) is 0 Å². The standard InChI is InChI=1S/C11H6Cl3N/c12-8-6-15-11(14)10(13)9(8)7-4-2-1-3-5-7/h1-6H. The van der Waals surface area contributed by atoms with E-state index >= 15 is 0 Å². The average molecular weight is 259 g/mol. The SMILES string of the molecule is Clc1cnc(Cl)c(Cl)c1-c1ccccc1. The molecule has 0 fully saturated rings. The Labute approximate surface area is 103 Å². The lowest BCUT2D eigenvalue weighted by Crippen LogP contribution is -1.85. The van der Waals surface area contributed by atoms with Gasteiger partial charge in [-0.25, -0.2) is 4.98 Å². The number of benzene rings is 1. The molecule has 2 aromatic rings. The van der Waals surface area contributed by atoms with Crippen molar-refractivity contribution >= 4 is 34.8 Å². The van der Waals surface area contributed by atoms with Crippen LogP contribution in [0.5, 0.6) is 0 Å². The normalized spacial score (nSPS) is 10.3. The maximum Gasteiger partial charge on any atom is 0.148 e. The molecule has 1 aromatic carbocycles. The van der Waals surface area contributed by atoms with Crippen LogP contribution in [0.3, 0.4) is 0 Å². The van der Waals surface area contributed by atoms with Crippen molar-refractivity contribution in [3.8, 4) is 11.1 Å². The van der Waals surface area contributed by atoms with E-state index in [4.69, 9.17) is 34.8 Å². The zero-order valence-corrected chi connectivity index (χ0v) is 9.81. The summed E-state index contributed by atoms with van der Waals surface area (Å²) >= 11 is 17.9. The Morgan fingerprint density at radius 1 is 0.933 bits per heavy atom. The maximum atomic E-state index is 6.05. The van der Waals surface area contributed by atoms with Crippen molar-refractivity contribution < 1.29 is 0 Å². The molecular formula is C11H6Cl3N. The van der Waals surface area contributed by atoms with Crippen molar-refractivity contribution in [2.75, 3.05) is 0 Å². The first-order valence-electron chi connectivity index (χ1n) is 4.25. The van der Waals surface area contributed by atoms with Crippen molar-refractivity contribution in [2.24, 2.45) is 0 Å². The summed E-state index contributed by atoms with van der Waals surface area (Å²) in [6.07, 6.45) is 1.50. The molecule has 0 radical (unpaired) electrons. The lowest BCUT2D eigenvalue weighted by atomic mass is 10.1. The second-order valence-corrected chi connectivity index (χ2v) is 4.10. The molecule has 0 unspecified atom stereocenters. The third-order valence-electron chi connectivity index (χ3n) is 1.99. The van der Waals surface area contributed by atoms with Gasteiger partial charge in [0.1, 0.15) is 5.15 Å². The van der Waals surface area contributed by atoms with E-state index < -0.39 is 0 Å². The Kier molecular flexibility index (Phi) is 3.15. The Bertz CT molecular complexity index is 483. The number of halogens is 3. The highest BCUT2D eigenvalue weighted by atomic mass is 35.5. The van der Waals surface area contributed by atoms with E-state index in [2.05, 4.69) is 4.98 Å². The van der Waals surface area contributed by atoms with Crippen LogP contribution < -0.4 is 0 Å². The van der Waals surface area contributed by atoms with Crippen molar-refractivity contribution in [1.29, 1.82) is 0 Å². The number of hydrogen-bond acceptors (Lipinski definition) is 1. The number of nitrogens with zero attached hydrogens (tertiary/aromatic N) is 1. The minimum absolute atomic E-state index is 0.264. The molecule has 0 aliphatic carbocycles. The van der Waals surface area contributed by atoms with Crippen molar-refractivity contribution in [3.63, 3.8) is 0 Å². The summed E-state index contributed by atoms with van der Waals surface area (Å²) in [7, 11) is 0. The fourth-order valence-corrected chi connectivity index (χ4v) is 2.02. The van der Waals surface area contributed by atoms with Crippen LogP contribution in [0.2, 0.25) is 15.2 Å². The number of rotatable bonds is 1. The van der Waals surface area contributed by atoms with Gasteiger partial charge < -0.3 is 0 Å². The van der Waals surface area contributed by atoms with Crippen LogP contribution in [0.4, 0.5) is 0 Å². The lowest BCUT2D eigenvalue weighted by molar-refractivity contribution is 1.33. The van der Waals surface area contributed by atoms with E-state index in [0.717, 1.165) is 11.1 Å².